The number of aliphatic hydroxyl groups excluding tert-OH is 1. The van der Waals surface area contributed by atoms with Crippen LogP contribution in [0.3, 0.4) is 0 Å². The zero-order valence-corrected chi connectivity index (χ0v) is 16.3. The van der Waals surface area contributed by atoms with E-state index in [0.717, 1.165) is 18.4 Å². The van der Waals surface area contributed by atoms with Gasteiger partial charge in [0, 0.05) is 12.0 Å². The van der Waals surface area contributed by atoms with Gasteiger partial charge in [0.2, 0.25) is 0 Å². The van der Waals surface area contributed by atoms with Crippen molar-refractivity contribution in [2.45, 2.75) is 103 Å². The van der Waals surface area contributed by atoms with Crippen LogP contribution in [0.25, 0.3) is 0 Å². The van der Waals surface area contributed by atoms with Crippen LogP contribution in [0.2, 0.25) is 0 Å². The number of Topliss-reactive ketones (excluding diaryl/α,β-unsaturated/α-hetero) is 1. The van der Waals surface area contributed by atoms with E-state index in [1.165, 1.54) is 70.6 Å². The Labute approximate surface area is 155 Å². The van der Waals surface area contributed by atoms with Crippen molar-refractivity contribution in [1.29, 1.82) is 0 Å². The quantitative estimate of drug-likeness (QED) is 0.263. The first-order valence-electron chi connectivity index (χ1n) is 10.5. The Bertz CT molecular complexity index is 453. The Kier molecular flexibility index (Phi) is 13.3. The van der Waals surface area contributed by atoms with Crippen LogP contribution in [0.4, 0.5) is 0 Å². The standard InChI is InChI=1S/C23H38O2/c1-2-3-4-5-6-7-8-9-10-11-12-13-14-19-23(25)22-18-16-15-17-21(22)20-24/h15-18,24H,2-14,19-20H2,1H3. The average molecular weight is 347 g/mol. The Balaban J connectivity index is 1.94. The van der Waals surface area contributed by atoms with Crippen molar-refractivity contribution in [1.82, 2.24) is 0 Å². The second-order valence-electron chi connectivity index (χ2n) is 7.23. The van der Waals surface area contributed by atoms with Crippen LogP contribution in [0.1, 0.15) is 113 Å². The van der Waals surface area contributed by atoms with Crippen LogP contribution in [0.5, 0.6) is 0 Å². The van der Waals surface area contributed by atoms with E-state index in [-0.39, 0.29) is 12.4 Å². The minimum Gasteiger partial charge on any atom is -0.392 e. The lowest BCUT2D eigenvalue weighted by atomic mass is 9.99. The fraction of sp³-hybridized carbons (Fsp3) is 0.696. The van der Waals surface area contributed by atoms with Crippen LogP contribution >= 0.6 is 0 Å². The van der Waals surface area contributed by atoms with Gasteiger partial charge in [-0.3, -0.25) is 4.79 Å². The van der Waals surface area contributed by atoms with Gasteiger partial charge in [0.25, 0.3) is 0 Å². The minimum atomic E-state index is -0.0550. The summed E-state index contributed by atoms with van der Waals surface area (Å²) in [7, 11) is 0. The van der Waals surface area contributed by atoms with Crippen molar-refractivity contribution in [3.63, 3.8) is 0 Å². The topological polar surface area (TPSA) is 37.3 Å². The molecule has 0 aromatic heterocycles. The highest BCUT2D eigenvalue weighted by atomic mass is 16.3. The molecule has 0 spiro atoms. The van der Waals surface area contributed by atoms with Crippen LogP contribution in [0.15, 0.2) is 24.3 Å². The molecule has 1 N–H and O–H groups in total. The van der Waals surface area contributed by atoms with E-state index in [9.17, 15) is 9.90 Å². The van der Waals surface area contributed by atoms with E-state index in [0.29, 0.717) is 12.0 Å². The molecular formula is C23H38O2. The van der Waals surface area contributed by atoms with E-state index in [1.807, 2.05) is 24.3 Å². The number of rotatable bonds is 16. The normalized spacial score (nSPS) is 11.0. The molecule has 0 unspecified atom stereocenters. The van der Waals surface area contributed by atoms with Gasteiger partial charge in [-0.25, -0.2) is 0 Å². The first-order chi connectivity index (χ1) is 12.3. The third-order valence-corrected chi connectivity index (χ3v) is 5.00. The molecule has 1 aromatic carbocycles. The Morgan fingerprint density at radius 3 is 1.76 bits per heavy atom. The minimum absolute atomic E-state index is 0.0550. The van der Waals surface area contributed by atoms with Crippen molar-refractivity contribution in [3.05, 3.63) is 35.4 Å². The van der Waals surface area contributed by atoms with Gasteiger partial charge in [0.1, 0.15) is 0 Å². The molecule has 1 aromatic rings. The molecule has 0 aliphatic heterocycles. The van der Waals surface area contributed by atoms with Gasteiger partial charge in [-0.15, -0.1) is 0 Å². The average Bonchev–Trinajstić information content (AvgIpc) is 2.65. The Morgan fingerprint density at radius 1 is 0.760 bits per heavy atom. The summed E-state index contributed by atoms with van der Waals surface area (Å²) in [4.78, 5) is 12.2. The number of benzene rings is 1. The highest BCUT2D eigenvalue weighted by Gasteiger charge is 2.09. The lowest BCUT2D eigenvalue weighted by Crippen LogP contribution is -2.03. The third kappa shape index (κ3) is 10.4. The number of hydrogen-bond acceptors (Lipinski definition) is 2. The summed E-state index contributed by atoms with van der Waals surface area (Å²) < 4.78 is 0. The number of carbonyl (C=O) groups excluding carboxylic acids is 1. The molecule has 0 saturated carbocycles. The van der Waals surface area contributed by atoms with Crippen LogP contribution in [0, 0.1) is 0 Å². The molecule has 0 heterocycles. The maximum absolute atomic E-state index is 12.2. The summed E-state index contributed by atoms with van der Waals surface area (Å²) in [6, 6.07) is 7.40. The van der Waals surface area contributed by atoms with Gasteiger partial charge < -0.3 is 5.11 Å². The zero-order chi connectivity index (χ0) is 18.2. The molecule has 2 nitrogen and oxygen atoms in total. The second-order valence-corrected chi connectivity index (χ2v) is 7.23. The molecule has 0 atom stereocenters. The van der Waals surface area contributed by atoms with E-state index in [1.54, 1.807) is 0 Å². The summed E-state index contributed by atoms with van der Waals surface area (Å²) in [5.41, 5.74) is 1.45. The molecule has 0 amide bonds. The Hall–Kier alpha value is -1.15. The van der Waals surface area contributed by atoms with Crippen molar-refractivity contribution < 1.29 is 9.90 Å². The number of carbonyl (C=O) groups is 1. The highest BCUT2D eigenvalue weighted by molar-refractivity contribution is 5.97. The Morgan fingerprint density at radius 2 is 1.24 bits per heavy atom. The van der Waals surface area contributed by atoms with Crippen molar-refractivity contribution in [2.75, 3.05) is 0 Å². The van der Waals surface area contributed by atoms with E-state index in [2.05, 4.69) is 6.92 Å². The molecule has 25 heavy (non-hydrogen) atoms. The van der Waals surface area contributed by atoms with Gasteiger partial charge in [0.05, 0.1) is 6.61 Å². The molecule has 0 saturated heterocycles. The fourth-order valence-electron chi connectivity index (χ4n) is 3.37. The molecule has 0 aliphatic carbocycles. The van der Waals surface area contributed by atoms with Crippen molar-refractivity contribution in [3.8, 4) is 0 Å². The third-order valence-electron chi connectivity index (χ3n) is 5.00. The summed E-state index contributed by atoms with van der Waals surface area (Å²) >= 11 is 0. The number of hydrogen-bond donors (Lipinski definition) is 1. The first kappa shape index (κ1) is 21.9. The number of aliphatic hydroxyl groups is 1. The summed E-state index contributed by atoms with van der Waals surface area (Å²) in [5, 5.41) is 9.30. The van der Waals surface area contributed by atoms with Crippen LogP contribution < -0.4 is 0 Å². The van der Waals surface area contributed by atoms with E-state index < -0.39 is 0 Å². The van der Waals surface area contributed by atoms with Gasteiger partial charge in [-0.05, 0) is 12.0 Å². The highest BCUT2D eigenvalue weighted by Crippen LogP contribution is 2.16. The van der Waals surface area contributed by atoms with Gasteiger partial charge >= 0.3 is 0 Å². The molecule has 0 aliphatic rings. The summed E-state index contributed by atoms with van der Waals surface area (Å²) in [6.07, 6.45) is 17.7. The number of unbranched alkanes of at least 4 members (excludes halogenated alkanes) is 12. The van der Waals surface area contributed by atoms with Gasteiger partial charge in [-0.1, -0.05) is 108 Å². The van der Waals surface area contributed by atoms with Crippen LogP contribution in [-0.2, 0) is 6.61 Å². The second kappa shape index (κ2) is 15.1. The van der Waals surface area contributed by atoms with Crippen molar-refractivity contribution in [2.24, 2.45) is 0 Å². The molecule has 0 radical (unpaired) electrons. The van der Waals surface area contributed by atoms with E-state index in [4.69, 9.17) is 0 Å². The predicted octanol–water partition coefficient (Wildman–Crippen LogP) is 6.84. The summed E-state index contributed by atoms with van der Waals surface area (Å²) in [5.74, 6) is 0.174. The predicted molar refractivity (Wildman–Crippen MR) is 107 cm³/mol. The largest absolute Gasteiger partial charge is 0.392 e. The van der Waals surface area contributed by atoms with E-state index >= 15 is 0 Å². The SMILES string of the molecule is CCCCCCCCCCCCCCCC(=O)c1ccccc1CO. The fourth-order valence-corrected chi connectivity index (χ4v) is 3.37. The van der Waals surface area contributed by atoms with Gasteiger partial charge in [0.15, 0.2) is 5.78 Å². The van der Waals surface area contributed by atoms with Crippen molar-refractivity contribution >= 4 is 5.78 Å². The van der Waals surface area contributed by atoms with Crippen LogP contribution in [-0.4, -0.2) is 10.9 Å². The first-order valence-corrected chi connectivity index (χ1v) is 10.5. The molecule has 142 valence electrons. The maximum atomic E-state index is 12.2. The zero-order valence-electron chi connectivity index (χ0n) is 16.3. The maximum Gasteiger partial charge on any atom is 0.163 e. The van der Waals surface area contributed by atoms with Gasteiger partial charge in [-0.2, -0.15) is 0 Å². The molecular weight excluding hydrogens is 308 g/mol. The molecule has 0 bridgehead atoms. The number of ketones is 1. The molecule has 1 rings (SSSR count). The lowest BCUT2D eigenvalue weighted by Gasteiger charge is -2.06. The monoisotopic (exact) mass is 346 g/mol. The molecule has 2 heteroatoms. The lowest BCUT2D eigenvalue weighted by molar-refractivity contribution is 0.0976. The summed E-state index contributed by atoms with van der Waals surface area (Å²) in [6.45, 7) is 2.21. The molecule has 0 fully saturated rings. The smallest absolute Gasteiger partial charge is 0.163 e.